The zero-order chi connectivity index (χ0) is 10.4. The molecule has 0 aliphatic rings. The Morgan fingerprint density at radius 2 is 2.00 bits per heavy atom. The predicted octanol–water partition coefficient (Wildman–Crippen LogP) is 1.65. The topological polar surface area (TPSA) is 15.3 Å². The van der Waals surface area contributed by atoms with Gasteiger partial charge in [-0.25, -0.2) is 0 Å². The average Bonchev–Trinajstić information content (AvgIpc) is 2.18. The van der Waals surface area contributed by atoms with Gasteiger partial charge in [0.05, 0.1) is 0 Å². The molecule has 0 radical (unpaired) electrons. The van der Waals surface area contributed by atoms with Crippen LogP contribution in [0.2, 0.25) is 0 Å². The van der Waals surface area contributed by atoms with Gasteiger partial charge in [0.15, 0.2) is 0 Å². The molecule has 0 bridgehead atoms. The van der Waals surface area contributed by atoms with Crippen molar-refractivity contribution in [3.8, 4) is 0 Å². The van der Waals surface area contributed by atoms with Crippen molar-refractivity contribution in [1.29, 1.82) is 0 Å². The summed E-state index contributed by atoms with van der Waals surface area (Å²) in [6, 6.07) is 8.56. The van der Waals surface area contributed by atoms with E-state index in [-0.39, 0.29) is 0 Å². The number of hydrogen-bond acceptors (Lipinski definition) is 2. The summed E-state index contributed by atoms with van der Waals surface area (Å²) in [4.78, 5) is 2.33. The highest BCUT2D eigenvalue weighted by Gasteiger charge is 2.01. The van der Waals surface area contributed by atoms with Gasteiger partial charge in [0.1, 0.15) is 0 Å². The van der Waals surface area contributed by atoms with Crippen molar-refractivity contribution in [1.82, 2.24) is 10.2 Å². The van der Waals surface area contributed by atoms with Crippen LogP contribution in [0.5, 0.6) is 0 Å². The summed E-state index contributed by atoms with van der Waals surface area (Å²) in [7, 11) is 4.14. The van der Waals surface area contributed by atoms with Crippen LogP contribution >= 0.6 is 0 Å². The minimum atomic E-state index is 1.04. The maximum atomic E-state index is 3.16. The van der Waals surface area contributed by atoms with Crippen LogP contribution in [-0.4, -0.2) is 32.1 Å². The molecular formula is C12H20N2. The molecular weight excluding hydrogens is 172 g/mol. The molecule has 1 N–H and O–H groups in total. The molecule has 0 aliphatic carbocycles. The summed E-state index contributed by atoms with van der Waals surface area (Å²) in [5, 5.41) is 3.16. The van der Waals surface area contributed by atoms with E-state index in [0.717, 1.165) is 19.6 Å². The van der Waals surface area contributed by atoms with Crippen LogP contribution in [0.4, 0.5) is 0 Å². The maximum Gasteiger partial charge on any atom is 0.0233 e. The lowest BCUT2D eigenvalue weighted by Crippen LogP contribution is -2.27. The fraction of sp³-hybridized carbons (Fsp3) is 0.500. The monoisotopic (exact) mass is 192 g/mol. The van der Waals surface area contributed by atoms with Gasteiger partial charge in [-0.15, -0.1) is 0 Å². The Balaban J connectivity index is 2.47. The first-order valence-electron chi connectivity index (χ1n) is 5.11. The Labute approximate surface area is 86.9 Å². The molecule has 0 fully saturated rings. The van der Waals surface area contributed by atoms with E-state index < -0.39 is 0 Å². The van der Waals surface area contributed by atoms with E-state index in [1.165, 1.54) is 11.1 Å². The predicted molar refractivity (Wildman–Crippen MR) is 61.4 cm³/mol. The van der Waals surface area contributed by atoms with Crippen molar-refractivity contribution in [2.24, 2.45) is 0 Å². The second-order valence-electron chi connectivity index (χ2n) is 3.77. The molecule has 0 atom stereocenters. The Hall–Kier alpha value is -0.860. The normalized spacial score (nSPS) is 10.9. The Kier molecular flexibility index (Phi) is 4.63. The number of hydrogen-bond donors (Lipinski definition) is 1. The lowest BCUT2D eigenvalue weighted by atomic mass is 10.1. The third-order valence-corrected chi connectivity index (χ3v) is 2.45. The lowest BCUT2D eigenvalue weighted by Gasteiger charge is -2.17. The molecule has 0 heterocycles. The van der Waals surface area contributed by atoms with Crippen LogP contribution in [0.25, 0.3) is 0 Å². The van der Waals surface area contributed by atoms with E-state index in [1.54, 1.807) is 0 Å². The van der Waals surface area contributed by atoms with Gasteiger partial charge in [0.25, 0.3) is 0 Å². The second-order valence-corrected chi connectivity index (χ2v) is 3.77. The van der Waals surface area contributed by atoms with Crippen molar-refractivity contribution < 1.29 is 0 Å². The summed E-state index contributed by atoms with van der Waals surface area (Å²) in [6.45, 7) is 5.34. The van der Waals surface area contributed by atoms with Crippen LogP contribution in [0.15, 0.2) is 24.3 Å². The SMILES string of the molecule is CNCCN(C)Cc1ccccc1C. The minimum Gasteiger partial charge on any atom is -0.318 e. The highest BCUT2D eigenvalue weighted by Crippen LogP contribution is 2.08. The fourth-order valence-corrected chi connectivity index (χ4v) is 1.46. The fourth-order valence-electron chi connectivity index (χ4n) is 1.46. The maximum absolute atomic E-state index is 3.16. The highest BCUT2D eigenvalue weighted by atomic mass is 15.1. The van der Waals surface area contributed by atoms with Gasteiger partial charge in [-0.3, -0.25) is 0 Å². The summed E-state index contributed by atoms with van der Waals surface area (Å²) in [5.74, 6) is 0. The second kappa shape index (κ2) is 5.78. The molecule has 0 amide bonds. The number of likely N-dealkylation sites (N-methyl/N-ethyl adjacent to an activating group) is 2. The number of rotatable bonds is 5. The standard InChI is InChI=1S/C12H20N2/c1-11-6-4-5-7-12(11)10-14(3)9-8-13-2/h4-7,13H,8-10H2,1-3H3. The Morgan fingerprint density at radius 3 is 2.64 bits per heavy atom. The zero-order valence-corrected chi connectivity index (χ0v) is 9.38. The molecule has 0 aromatic heterocycles. The molecule has 1 aromatic rings. The lowest BCUT2D eigenvalue weighted by molar-refractivity contribution is 0.327. The van der Waals surface area contributed by atoms with E-state index in [1.807, 2.05) is 7.05 Å². The van der Waals surface area contributed by atoms with Gasteiger partial charge in [-0.1, -0.05) is 24.3 Å². The van der Waals surface area contributed by atoms with Gasteiger partial charge >= 0.3 is 0 Å². The smallest absolute Gasteiger partial charge is 0.0233 e. The molecule has 0 saturated carbocycles. The first kappa shape index (κ1) is 11.2. The van der Waals surface area contributed by atoms with Gasteiger partial charge in [-0.05, 0) is 32.1 Å². The third kappa shape index (κ3) is 3.48. The van der Waals surface area contributed by atoms with Gasteiger partial charge in [-0.2, -0.15) is 0 Å². The summed E-state index contributed by atoms with van der Waals surface area (Å²) in [5.41, 5.74) is 2.80. The number of nitrogens with one attached hydrogen (secondary N) is 1. The van der Waals surface area contributed by atoms with Crippen molar-refractivity contribution in [3.63, 3.8) is 0 Å². The molecule has 2 nitrogen and oxygen atoms in total. The largest absolute Gasteiger partial charge is 0.318 e. The first-order valence-corrected chi connectivity index (χ1v) is 5.11. The molecule has 1 aromatic carbocycles. The van der Waals surface area contributed by atoms with Crippen LogP contribution in [0.1, 0.15) is 11.1 Å². The highest BCUT2D eigenvalue weighted by molar-refractivity contribution is 5.25. The minimum absolute atomic E-state index is 1.04. The van der Waals surface area contributed by atoms with Crippen molar-refractivity contribution in [2.45, 2.75) is 13.5 Å². The molecule has 0 aliphatic heterocycles. The molecule has 78 valence electrons. The van der Waals surface area contributed by atoms with Gasteiger partial charge < -0.3 is 10.2 Å². The van der Waals surface area contributed by atoms with Crippen molar-refractivity contribution in [2.75, 3.05) is 27.2 Å². The van der Waals surface area contributed by atoms with E-state index in [4.69, 9.17) is 0 Å². The Bertz CT molecular complexity index is 271. The van der Waals surface area contributed by atoms with Crippen LogP contribution in [0.3, 0.4) is 0 Å². The average molecular weight is 192 g/mol. The molecule has 0 unspecified atom stereocenters. The van der Waals surface area contributed by atoms with Crippen LogP contribution in [0, 0.1) is 6.92 Å². The summed E-state index contributed by atoms with van der Waals surface area (Å²) >= 11 is 0. The number of nitrogens with zero attached hydrogens (tertiary/aromatic N) is 1. The van der Waals surface area contributed by atoms with Crippen molar-refractivity contribution >= 4 is 0 Å². The van der Waals surface area contributed by atoms with E-state index in [0.29, 0.717) is 0 Å². The number of benzene rings is 1. The van der Waals surface area contributed by atoms with Crippen LogP contribution in [-0.2, 0) is 6.54 Å². The third-order valence-electron chi connectivity index (χ3n) is 2.45. The van der Waals surface area contributed by atoms with E-state index in [2.05, 4.69) is 48.5 Å². The summed E-state index contributed by atoms with van der Waals surface area (Å²) < 4.78 is 0. The van der Waals surface area contributed by atoms with Crippen molar-refractivity contribution in [3.05, 3.63) is 35.4 Å². The molecule has 2 heteroatoms. The molecule has 1 rings (SSSR count). The summed E-state index contributed by atoms with van der Waals surface area (Å²) in [6.07, 6.45) is 0. The zero-order valence-electron chi connectivity index (χ0n) is 9.38. The first-order chi connectivity index (χ1) is 6.74. The van der Waals surface area contributed by atoms with Crippen LogP contribution < -0.4 is 5.32 Å². The van der Waals surface area contributed by atoms with Gasteiger partial charge in [0.2, 0.25) is 0 Å². The van der Waals surface area contributed by atoms with Gasteiger partial charge in [0, 0.05) is 19.6 Å². The molecule has 14 heavy (non-hydrogen) atoms. The quantitative estimate of drug-likeness (QED) is 0.763. The van der Waals surface area contributed by atoms with E-state index >= 15 is 0 Å². The number of aryl methyl sites for hydroxylation is 1. The molecule has 0 saturated heterocycles. The molecule has 0 spiro atoms. The Morgan fingerprint density at radius 1 is 1.29 bits per heavy atom. The van der Waals surface area contributed by atoms with E-state index in [9.17, 15) is 0 Å².